The fraction of sp³-hybridized carbons (Fsp3) is 0.294. The van der Waals surface area contributed by atoms with Gasteiger partial charge in [0.25, 0.3) is 10.0 Å². The number of aromatic nitrogens is 3. The van der Waals surface area contributed by atoms with Crippen LogP contribution in [0, 0.1) is 6.92 Å². The lowest BCUT2D eigenvalue weighted by molar-refractivity contribution is 0.588. The first-order valence-electron chi connectivity index (χ1n) is 8.08. The van der Waals surface area contributed by atoms with E-state index in [9.17, 15) is 8.42 Å². The molecule has 6 nitrogen and oxygen atoms in total. The molecule has 130 valence electrons. The number of nitrogens with zero attached hydrogens (tertiary/aromatic N) is 4. The van der Waals surface area contributed by atoms with Crippen LogP contribution in [0.3, 0.4) is 0 Å². The van der Waals surface area contributed by atoms with Crippen molar-refractivity contribution in [2.24, 2.45) is 0 Å². The Morgan fingerprint density at radius 3 is 2.40 bits per heavy atom. The highest BCUT2D eigenvalue weighted by Crippen LogP contribution is 2.30. The van der Waals surface area contributed by atoms with Gasteiger partial charge in [-0.15, -0.1) is 0 Å². The summed E-state index contributed by atoms with van der Waals surface area (Å²) in [6.45, 7) is 3.69. The number of halogens is 1. The van der Waals surface area contributed by atoms with Crippen LogP contribution in [0.15, 0.2) is 41.4 Å². The highest BCUT2D eigenvalue weighted by Gasteiger charge is 2.24. The van der Waals surface area contributed by atoms with Crippen LogP contribution in [0.2, 0.25) is 5.28 Å². The number of hydrogen-bond donors (Lipinski definition) is 0. The van der Waals surface area contributed by atoms with Crippen molar-refractivity contribution in [1.29, 1.82) is 0 Å². The van der Waals surface area contributed by atoms with Gasteiger partial charge in [-0.25, -0.2) is 12.4 Å². The van der Waals surface area contributed by atoms with Gasteiger partial charge in [-0.3, -0.25) is 0 Å². The number of benzene rings is 1. The van der Waals surface area contributed by atoms with Crippen LogP contribution in [0.1, 0.15) is 18.4 Å². The van der Waals surface area contributed by atoms with E-state index in [-0.39, 0.29) is 10.2 Å². The van der Waals surface area contributed by atoms with Gasteiger partial charge in [0.1, 0.15) is 5.82 Å². The van der Waals surface area contributed by atoms with Crippen LogP contribution in [0.4, 0.5) is 5.82 Å². The SMILES string of the molecule is Cc1ccc(S(=O)(=O)n2ccc3c(N4CCCC4)nc(Cl)nc32)cc1. The third-order valence-electron chi connectivity index (χ3n) is 4.45. The second-order valence-electron chi connectivity index (χ2n) is 6.18. The molecular weight excluding hydrogens is 360 g/mol. The normalized spacial score (nSPS) is 15.2. The Balaban J connectivity index is 1.90. The van der Waals surface area contributed by atoms with Gasteiger partial charge in [-0.05, 0) is 49.6 Å². The highest BCUT2D eigenvalue weighted by atomic mass is 35.5. The van der Waals surface area contributed by atoms with E-state index in [1.54, 1.807) is 30.3 Å². The predicted molar refractivity (Wildman–Crippen MR) is 97.7 cm³/mol. The number of aryl methyl sites for hydroxylation is 1. The van der Waals surface area contributed by atoms with E-state index in [4.69, 9.17) is 11.6 Å². The van der Waals surface area contributed by atoms with Gasteiger partial charge in [0.2, 0.25) is 5.28 Å². The lowest BCUT2D eigenvalue weighted by Crippen LogP contribution is -2.20. The van der Waals surface area contributed by atoms with Gasteiger partial charge < -0.3 is 4.90 Å². The zero-order valence-electron chi connectivity index (χ0n) is 13.7. The number of rotatable bonds is 3. The molecule has 25 heavy (non-hydrogen) atoms. The van der Waals surface area contributed by atoms with Crippen molar-refractivity contribution >= 4 is 38.5 Å². The van der Waals surface area contributed by atoms with Crippen molar-refractivity contribution in [1.82, 2.24) is 13.9 Å². The molecule has 0 spiro atoms. The third kappa shape index (κ3) is 2.77. The summed E-state index contributed by atoms with van der Waals surface area (Å²) < 4.78 is 27.2. The molecule has 4 rings (SSSR count). The van der Waals surface area contributed by atoms with Crippen molar-refractivity contribution in [3.63, 3.8) is 0 Å². The van der Waals surface area contributed by atoms with E-state index in [2.05, 4.69) is 14.9 Å². The van der Waals surface area contributed by atoms with Crippen molar-refractivity contribution in [2.75, 3.05) is 18.0 Å². The quantitative estimate of drug-likeness (QED) is 0.656. The van der Waals surface area contributed by atoms with Gasteiger partial charge in [-0.1, -0.05) is 17.7 Å². The van der Waals surface area contributed by atoms with Crippen LogP contribution >= 0.6 is 11.6 Å². The van der Waals surface area contributed by atoms with Crippen molar-refractivity contribution in [3.05, 3.63) is 47.4 Å². The predicted octanol–water partition coefficient (Wildman–Crippen LogP) is 3.23. The van der Waals surface area contributed by atoms with E-state index in [0.29, 0.717) is 16.9 Å². The molecule has 0 saturated carbocycles. The van der Waals surface area contributed by atoms with Gasteiger partial charge in [0.15, 0.2) is 5.65 Å². The maximum absolute atomic E-state index is 13.0. The summed E-state index contributed by atoms with van der Waals surface area (Å²) in [4.78, 5) is 10.9. The lowest BCUT2D eigenvalue weighted by Gasteiger charge is -2.17. The largest absolute Gasteiger partial charge is 0.356 e. The summed E-state index contributed by atoms with van der Waals surface area (Å²) in [6, 6.07) is 8.48. The number of fused-ring (bicyclic) bond motifs is 1. The van der Waals surface area contributed by atoms with Crippen LogP contribution < -0.4 is 4.90 Å². The molecule has 1 saturated heterocycles. The summed E-state index contributed by atoms with van der Waals surface area (Å²) in [6.07, 6.45) is 3.70. The minimum Gasteiger partial charge on any atom is -0.356 e. The molecule has 2 aromatic heterocycles. The average molecular weight is 377 g/mol. The van der Waals surface area contributed by atoms with Gasteiger partial charge in [0.05, 0.1) is 10.3 Å². The first kappa shape index (κ1) is 16.4. The first-order chi connectivity index (χ1) is 12.0. The van der Waals surface area contributed by atoms with Crippen molar-refractivity contribution < 1.29 is 8.42 Å². The highest BCUT2D eigenvalue weighted by molar-refractivity contribution is 7.90. The van der Waals surface area contributed by atoms with Gasteiger partial charge in [-0.2, -0.15) is 9.97 Å². The smallest absolute Gasteiger partial charge is 0.269 e. The number of anilines is 1. The molecule has 0 atom stereocenters. The van der Waals surface area contributed by atoms with Gasteiger partial charge in [0, 0.05) is 19.3 Å². The lowest BCUT2D eigenvalue weighted by atomic mass is 10.2. The Labute approximate surface area is 151 Å². The van der Waals surface area contributed by atoms with Crippen molar-refractivity contribution in [3.8, 4) is 0 Å². The molecule has 3 aromatic rings. The molecular formula is C17H17ClN4O2S. The molecule has 3 heterocycles. The fourth-order valence-electron chi connectivity index (χ4n) is 3.14. The summed E-state index contributed by atoms with van der Waals surface area (Å²) in [5.74, 6) is 0.699. The van der Waals surface area contributed by atoms with Gasteiger partial charge >= 0.3 is 0 Å². The zero-order valence-corrected chi connectivity index (χ0v) is 15.3. The zero-order chi connectivity index (χ0) is 17.6. The maximum atomic E-state index is 13.0. The summed E-state index contributed by atoms with van der Waals surface area (Å²) in [5.41, 5.74) is 1.31. The first-order valence-corrected chi connectivity index (χ1v) is 9.90. The molecule has 0 N–H and O–H groups in total. The van der Waals surface area contributed by atoms with E-state index in [1.807, 2.05) is 6.92 Å². The monoisotopic (exact) mass is 376 g/mol. The van der Waals surface area contributed by atoms with Crippen LogP contribution in [-0.2, 0) is 10.0 Å². The Bertz CT molecular complexity index is 1040. The fourth-order valence-corrected chi connectivity index (χ4v) is 4.59. The summed E-state index contributed by atoms with van der Waals surface area (Å²) >= 11 is 6.09. The van der Waals surface area contributed by atoms with E-state index in [1.165, 1.54) is 10.2 Å². The molecule has 1 aliphatic heterocycles. The molecule has 0 bridgehead atoms. The standard InChI is InChI=1S/C17H17ClN4O2S/c1-12-4-6-13(7-5-12)25(23,24)22-11-8-14-15(21-9-2-3-10-21)19-17(18)20-16(14)22/h4-8,11H,2-3,9-10H2,1H3. The Kier molecular flexibility index (Phi) is 3.92. The van der Waals surface area contributed by atoms with Crippen LogP contribution in [0.25, 0.3) is 11.0 Å². The molecule has 0 amide bonds. The topological polar surface area (TPSA) is 68.1 Å². The molecule has 0 aliphatic carbocycles. The molecule has 0 radical (unpaired) electrons. The Morgan fingerprint density at radius 2 is 1.72 bits per heavy atom. The molecule has 1 fully saturated rings. The molecule has 1 aromatic carbocycles. The minimum atomic E-state index is -3.75. The Morgan fingerprint density at radius 1 is 1.04 bits per heavy atom. The molecule has 1 aliphatic rings. The van der Waals surface area contributed by atoms with E-state index >= 15 is 0 Å². The van der Waals surface area contributed by atoms with Crippen molar-refractivity contribution in [2.45, 2.75) is 24.7 Å². The molecule has 8 heteroatoms. The van der Waals surface area contributed by atoms with Crippen LogP contribution in [0.5, 0.6) is 0 Å². The Hall–Kier alpha value is -2.12. The second-order valence-corrected chi connectivity index (χ2v) is 8.33. The summed E-state index contributed by atoms with van der Waals surface area (Å²) in [7, 11) is -3.75. The average Bonchev–Trinajstić information content (AvgIpc) is 3.24. The van der Waals surface area contributed by atoms with Crippen LogP contribution in [-0.4, -0.2) is 35.4 Å². The van der Waals surface area contributed by atoms with E-state index in [0.717, 1.165) is 31.5 Å². The number of hydrogen-bond acceptors (Lipinski definition) is 5. The van der Waals surface area contributed by atoms with E-state index < -0.39 is 10.0 Å². The summed E-state index contributed by atoms with van der Waals surface area (Å²) in [5, 5.41) is 0.746. The third-order valence-corrected chi connectivity index (χ3v) is 6.30. The molecule has 0 unspecified atom stereocenters. The second kappa shape index (κ2) is 6.00. The minimum absolute atomic E-state index is 0.0495. The maximum Gasteiger partial charge on any atom is 0.269 e.